The molecule has 1 aliphatic heterocycles. The summed E-state index contributed by atoms with van der Waals surface area (Å²) in [5.41, 5.74) is 0.165. The highest BCUT2D eigenvalue weighted by Gasteiger charge is 2.31. The Morgan fingerprint density at radius 2 is 1.91 bits per heavy atom. The van der Waals surface area contributed by atoms with Crippen molar-refractivity contribution in [2.75, 3.05) is 46.4 Å². The second-order valence-electron chi connectivity index (χ2n) is 7.39. The molecule has 2 fully saturated rings. The number of carbonyl (C=O) groups excluding carboxylic acids is 1. The fourth-order valence-electron chi connectivity index (χ4n) is 3.64. The van der Waals surface area contributed by atoms with Crippen LogP contribution in [0, 0.1) is 5.41 Å². The van der Waals surface area contributed by atoms with E-state index in [1.807, 2.05) is 7.05 Å². The van der Waals surface area contributed by atoms with Crippen LogP contribution >= 0.6 is 0 Å². The van der Waals surface area contributed by atoms with Crippen LogP contribution in [0.3, 0.4) is 0 Å². The molecule has 22 heavy (non-hydrogen) atoms. The summed E-state index contributed by atoms with van der Waals surface area (Å²) in [6.45, 7) is 6.49. The van der Waals surface area contributed by atoms with E-state index >= 15 is 0 Å². The van der Waals surface area contributed by atoms with E-state index in [4.69, 9.17) is 4.74 Å². The third kappa shape index (κ3) is 5.52. The van der Waals surface area contributed by atoms with Gasteiger partial charge >= 0.3 is 0 Å². The van der Waals surface area contributed by atoms with Gasteiger partial charge in [-0.25, -0.2) is 0 Å². The van der Waals surface area contributed by atoms with E-state index in [-0.39, 0.29) is 11.3 Å². The predicted octanol–water partition coefficient (Wildman–Crippen LogP) is 1.50. The molecule has 1 heterocycles. The Balaban J connectivity index is 1.72. The molecule has 0 radical (unpaired) electrons. The number of aliphatic hydroxyl groups excluding tert-OH is 1. The standard InChI is InChI=1S/C17H32N2O3/c1-17(6-4-3-5-7-17)12-16(21)18(2)13-15(20)14-19-8-10-22-11-9-19/h15,20H,3-14H2,1-2H3. The van der Waals surface area contributed by atoms with E-state index in [0.717, 1.165) is 39.1 Å². The van der Waals surface area contributed by atoms with Gasteiger partial charge in [0.15, 0.2) is 0 Å². The number of β-amino-alcohol motifs (C(OH)–C–C–N with tert-alkyl or cyclic N) is 1. The van der Waals surface area contributed by atoms with Gasteiger partial charge in [0.25, 0.3) is 0 Å². The molecular weight excluding hydrogens is 280 g/mol. The SMILES string of the molecule is CN(CC(O)CN1CCOCC1)C(=O)CC1(C)CCCCC1. The minimum atomic E-state index is -0.480. The molecule has 5 heteroatoms. The second kappa shape index (κ2) is 8.27. The molecule has 5 nitrogen and oxygen atoms in total. The van der Waals surface area contributed by atoms with Crippen LogP contribution in [0.25, 0.3) is 0 Å². The summed E-state index contributed by atoms with van der Waals surface area (Å²) in [6, 6.07) is 0. The highest BCUT2D eigenvalue weighted by molar-refractivity contribution is 5.76. The predicted molar refractivity (Wildman–Crippen MR) is 86.7 cm³/mol. The first-order valence-corrected chi connectivity index (χ1v) is 8.71. The first kappa shape index (κ1) is 17.7. The summed E-state index contributed by atoms with van der Waals surface area (Å²) >= 11 is 0. The molecular formula is C17H32N2O3. The van der Waals surface area contributed by atoms with E-state index < -0.39 is 6.10 Å². The molecule has 0 spiro atoms. The van der Waals surface area contributed by atoms with E-state index in [1.54, 1.807) is 4.90 Å². The van der Waals surface area contributed by atoms with E-state index in [0.29, 0.717) is 19.5 Å². The molecule has 1 aliphatic carbocycles. The van der Waals surface area contributed by atoms with Crippen molar-refractivity contribution < 1.29 is 14.6 Å². The number of amides is 1. The lowest BCUT2D eigenvalue weighted by Crippen LogP contribution is -2.45. The Morgan fingerprint density at radius 1 is 1.27 bits per heavy atom. The lowest BCUT2D eigenvalue weighted by Gasteiger charge is -2.35. The largest absolute Gasteiger partial charge is 0.390 e. The maximum Gasteiger partial charge on any atom is 0.222 e. The lowest BCUT2D eigenvalue weighted by atomic mass is 9.73. The van der Waals surface area contributed by atoms with Crippen LogP contribution < -0.4 is 0 Å². The number of hydrogen-bond acceptors (Lipinski definition) is 4. The maximum absolute atomic E-state index is 12.4. The molecule has 1 saturated heterocycles. The van der Waals surface area contributed by atoms with Crippen molar-refractivity contribution in [1.29, 1.82) is 0 Å². The molecule has 0 bridgehead atoms. The number of rotatable bonds is 6. The maximum atomic E-state index is 12.4. The van der Waals surface area contributed by atoms with Crippen molar-refractivity contribution >= 4 is 5.91 Å². The number of nitrogens with zero attached hydrogens (tertiary/aromatic N) is 2. The van der Waals surface area contributed by atoms with Crippen LogP contribution in [0.5, 0.6) is 0 Å². The quantitative estimate of drug-likeness (QED) is 0.807. The van der Waals surface area contributed by atoms with Crippen LogP contribution in [-0.4, -0.2) is 73.4 Å². The third-order valence-electron chi connectivity index (χ3n) is 5.12. The lowest BCUT2D eigenvalue weighted by molar-refractivity contribution is -0.134. The number of likely N-dealkylation sites (N-methyl/N-ethyl adjacent to an activating group) is 1. The molecule has 1 saturated carbocycles. The number of morpholine rings is 1. The van der Waals surface area contributed by atoms with Gasteiger partial charge in [-0.05, 0) is 18.3 Å². The number of carbonyl (C=O) groups is 1. The van der Waals surface area contributed by atoms with Gasteiger partial charge < -0.3 is 14.7 Å². The topological polar surface area (TPSA) is 53.0 Å². The van der Waals surface area contributed by atoms with Gasteiger partial charge in [-0.3, -0.25) is 9.69 Å². The number of ether oxygens (including phenoxy) is 1. The summed E-state index contributed by atoms with van der Waals surface area (Å²) in [5, 5.41) is 10.2. The van der Waals surface area contributed by atoms with E-state index in [9.17, 15) is 9.90 Å². The smallest absolute Gasteiger partial charge is 0.222 e. The summed E-state index contributed by atoms with van der Waals surface area (Å²) < 4.78 is 5.31. The van der Waals surface area contributed by atoms with Crippen LogP contribution in [-0.2, 0) is 9.53 Å². The zero-order valence-corrected chi connectivity index (χ0v) is 14.2. The monoisotopic (exact) mass is 312 g/mol. The molecule has 128 valence electrons. The highest BCUT2D eigenvalue weighted by Crippen LogP contribution is 2.38. The van der Waals surface area contributed by atoms with Crippen molar-refractivity contribution in [3.05, 3.63) is 0 Å². The van der Waals surface area contributed by atoms with Crippen LogP contribution in [0.15, 0.2) is 0 Å². The van der Waals surface area contributed by atoms with Crippen molar-refractivity contribution in [3.8, 4) is 0 Å². The number of aliphatic hydroxyl groups is 1. The average Bonchev–Trinajstić information content (AvgIpc) is 2.48. The Labute approximate surface area is 134 Å². The minimum Gasteiger partial charge on any atom is -0.390 e. The minimum absolute atomic E-state index is 0.165. The Hall–Kier alpha value is -0.650. The molecule has 1 amide bonds. The zero-order chi connectivity index (χ0) is 16.0. The highest BCUT2D eigenvalue weighted by atomic mass is 16.5. The molecule has 0 aromatic heterocycles. The first-order valence-electron chi connectivity index (χ1n) is 8.71. The third-order valence-corrected chi connectivity index (χ3v) is 5.12. The fraction of sp³-hybridized carbons (Fsp3) is 0.941. The average molecular weight is 312 g/mol. The summed E-state index contributed by atoms with van der Waals surface area (Å²) in [5.74, 6) is 0.172. The normalized spacial score (nSPS) is 24.0. The molecule has 0 aromatic carbocycles. The molecule has 0 aromatic rings. The zero-order valence-electron chi connectivity index (χ0n) is 14.2. The number of hydrogen-bond donors (Lipinski definition) is 1. The van der Waals surface area contributed by atoms with E-state index in [2.05, 4.69) is 11.8 Å². The van der Waals surface area contributed by atoms with Crippen molar-refractivity contribution in [3.63, 3.8) is 0 Å². The molecule has 2 rings (SSSR count). The van der Waals surface area contributed by atoms with Gasteiger partial charge in [0.1, 0.15) is 0 Å². The van der Waals surface area contributed by atoms with Gasteiger partial charge in [-0.15, -0.1) is 0 Å². The molecule has 1 N–H and O–H groups in total. The van der Waals surface area contributed by atoms with Gasteiger partial charge in [0.2, 0.25) is 5.91 Å². The first-order chi connectivity index (χ1) is 10.5. The van der Waals surface area contributed by atoms with Crippen LogP contribution in [0.2, 0.25) is 0 Å². The summed E-state index contributed by atoms with van der Waals surface area (Å²) in [6.07, 6.45) is 6.24. The molecule has 1 atom stereocenters. The Bertz CT molecular complexity index is 350. The summed E-state index contributed by atoms with van der Waals surface area (Å²) in [7, 11) is 1.82. The van der Waals surface area contributed by atoms with Crippen molar-refractivity contribution in [2.24, 2.45) is 5.41 Å². The Kier molecular flexibility index (Phi) is 6.66. The fourth-order valence-corrected chi connectivity index (χ4v) is 3.64. The second-order valence-corrected chi connectivity index (χ2v) is 7.39. The van der Waals surface area contributed by atoms with Crippen LogP contribution in [0.1, 0.15) is 45.4 Å². The summed E-state index contributed by atoms with van der Waals surface area (Å²) in [4.78, 5) is 16.3. The van der Waals surface area contributed by atoms with Gasteiger partial charge in [-0.2, -0.15) is 0 Å². The molecule has 2 aliphatic rings. The van der Waals surface area contributed by atoms with Crippen LogP contribution in [0.4, 0.5) is 0 Å². The Morgan fingerprint density at radius 3 is 2.55 bits per heavy atom. The molecule has 1 unspecified atom stereocenters. The van der Waals surface area contributed by atoms with Crippen molar-refractivity contribution in [1.82, 2.24) is 9.80 Å². The van der Waals surface area contributed by atoms with Gasteiger partial charge in [0.05, 0.1) is 19.3 Å². The van der Waals surface area contributed by atoms with Crippen molar-refractivity contribution in [2.45, 2.75) is 51.6 Å². The van der Waals surface area contributed by atoms with Gasteiger partial charge in [-0.1, -0.05) is 26.2 Å². The van der Waals surface area contributed by atoms with Gasteiger partial charge in [0, 0.05) is 39.6 Å². The van der Waals surface area contributed by atoms with E-state index in [1.165, 1.54) is 19.3 Å².